The minimum absolute atomic E-state index is 0.0917. The van der Waals surface area contributed by atoms with Crippen LogP contribution in [0.25, 0.3) is 0 Å². The number of hydrogen-bond donors (Lipinski definition) is 1. The van der Waals surface area contributed by atoms with Crippen LogP contribution in [0, 0.1) is 0 Å². The van der Waals surface area contributed by atoms with Crippen LogP contribution in [0.5, 0.6) is 0 Å². The second-order valence-electron chi connectivity index (χ2n) is 6.56. The summed E-state index contributed by atoms with van der Waals surface area (Å²) in [6.07, 6.45) is 0.434. The predicted octanol–water partition coefficient (Wildman–Crippen LogP) is 1.84. The molecule has 2 aliphatic rings. The molecule has 7 nitrogen and oxygen atoms in total. The first kappa shape index (κ1) is 17.3. The quantitative estimate of drug-likeness (QED) is 0.883. The lowest BCUT2D eigenvalue weighted by molar-refractivity contribution is -0.119. The third-order valence-corrected chi connectivity index (χ3v) is 4.73. The van der Waals surface area contributed by atoms with E-state index in [9.17, 15) is 14.4 Å². The van der Waals surface area contributed by atoms with Crippen molar-refractivity contribution in [2.45, 2.75) is 45.8 Å². The van der Waals surface area contributed by atoms with E-state index in [2.05, 4.69) is 12.2 Å². The van der Waals surface area contributed by atoms with Crippen LogP contribution >= 0.6 is 0 Å². The van der Waals surface area contributed by atoms with Crippen LogP contribution in [0.3, 0.4) is 0 Å². The molecule has 1 aromatic carbocycles. The Labute approximate surface area is 146 Å². The van der Waals surface area contributed by atoms with Crippen molar-refractivity contribution in [2.75, 3.05) is 22.9 Å². The third-order valence-electron chi connectivity index (χ3n) is 4.73. The number of benzene rings is 1. The molecule has 2 aliphatic heterocycles. The number of nitrogens with zero attached hydrogens (tertiary/aromatic N) is 2. The lowest BCUT2D eigenvalue weighted by Crippen LogP contribution is -2.35. The van der Waals surface area contributed by atoms with Crippen molar-refractivity contribution in [3.05, 3.63) is 23.8 Å². The normalized spacial score (nSPS) is 20.5. The van der Waals surface area contributed by atoms with Crippen LogP contribution in [0.15, 0.2) is 18.2 Å². The smallest absolute Gasteiger partial charge is 0.414 e. The Hall–Kier alpha value is -2.57. The Kier molecular flexibility index (Phi) is 4.65. The van der Waals surface area contributed by atoms with Crippen molar-refractivity contribution in [1.82, 2.24) is 5.32 Å². The lowest BCUT2D eigenvalue weighted by atomic mass is 10.1. The Balaban J connectivity index is 1.77. The molecule has 1 N–H and O–H groups in total. The van der Waals surface area contributed by atoms with Gasteiger partial charge in [0.05, 0.1) is 19.5 Å². The summed E-state index contributed by atoms with van der Waals surface area (Å²) >= 11 is 0. The third kappa shape index (κ3) is 3.31. The number of nitrogens with one attached hydrogen (secondary N) is 1. The average Bonchev–Trinajstić information content (AvgIpc) is 3.10. The van der Waals surface area contributed by atoms with Gasteiger partial charge < -0.3 is 15.0 Å². The molecule has 1 saturated heterocycles. The maximum atomic E-state index is 12.3. The molecule has 2 unspecified atom stereocenters. The van der Waals surface area contributed by atoms with Gasteiger partial charge in [-0.05, 0) is 37.1 Å². The van der Waals surface area contributed by atoms with Crippen LogP contribution < -0.4 is 15.1 Å². The van der Waals surface area contributed by atoms with E-state index in [-0.39, 0.29) is 24.0 Å². The Morgan fingerprint density at radius 1 is 1.40 bits per heavy atom. The maximum Gasteiger partial charge on any atom is 0.414 e. The fourth-order valence-corrected chi connectivity index (χ4v) is 3.26. The lowest BCUT2D eigenvalue weighted by Gasteiger charge is -2.24. The van der Waals surface area contributed by atoms with Gasteiger partial charge in [0.1, 0.15) is 6.10 Å². The van der Waals surface area contributed by atoms with E-state index in [1.54, 1.807) is 4.90 Å². The number of rotatable bonds is 5. The molecule has 25 heavy (non-hydrogen) atoms. The maximum absolute atomic E-state index is 12.3. The molecule has 3 amide bonds. The van der Waals surface area contributed by atoms with E-state index < -0.39 is 6.09 Å². The topological polar surface area (TPSA) is 79.0 Å². The van der Waals surface area contributed by atoms with Crippen LogP contribution in [0.2, 0.25) is 0 Å². The highest BCUT2D eigenvalue weighted by molar-refractivity contribution is 6.03. The number of carbonyl (C=O) groups is 3. The average molecular weight is 345 g/mol. The summed E-state index contributed by atoms with van der Waals surface area (Å²) in [6.45, 7) is 6.18. The van der Waals surface area contributed by atoms with Gasteiger partial charge in [-0.25, -0.2) is 4.79 Å². The van der Waals surface area contributed by atoms with Crippen molar-refractivity contribution >= 4 is 29.3 Å². The van der Waals surface area contributed by atoms with Crippen LogP contribution in [-0.2, 0) is 20.7 Å². The molecule has 0 saturated carbocycles. The second-order valence-corrected chi connectivity index (χ2v) is 6.56. The van der Waals surface area contributed by atoms with E-state index in [4.69, 9.17) is 4.74 Å². The van der Waals surface area contributed by atoms with Gasteiger partial charge >= 0.3 is 6.09 Å². The Morgan fingerprint density at radius 3 is 2.84 bits per heavy atom. The molecule has 0 spiro atoms. The van der Waals surface area contributed by atoms with Gasteiger partial charge in [-0.1, -0.05) is 6.92 Å². The van der Waals surface area contributed by atoms with Gasteiger partial charge in [0.15, 0.2) is 0 Å². The molecule has 2 heterocycles. The summed E-state index contributed by atoms with van der Waals surface area (Å²) in [7, 11) is 0. The van der Waals surface area contributed by atoms with Gasteiger partial charge in [0.25, 0.3) is 0 Å². The minimum Gasteiger partial charge on any atom is -0.442 e. The number of fused-ring (bicyclic) bond motifs is 1. The molecular weight excluding hydrogens is 322 g/mol. The van der Waals surface area contributed by atoms with Crippen LogP contribution in [0.1, 0.15) is 32.8 Å². The van der Waals surface area contributed by atoms with E-state index in [0.717, 1.165) is 17.7 Å². The number of hydrogen-bond acceptors (Lipinski definition) is 4. The molecular formula is C18H23N3O4. The molecule has 1 aromatic rings. The van der Waals surface area contributed by atoms with Crippen molar-refractivity contribution in [2.24, 2.45) is 0 Å². The number of anilines is 2. The molecule has 3 rings (SSSR count). The number of ether oxygens (including phenoxy) is 1. The fraction of sp³-hybridized carbons (Fsp3) is 0.500. The van der Waals surface area contributed by atoms with Gasteiger partial charge in [0, 0.05) is 24.3 Å². The first-order chi connectivity index (χ1) is 11.9. The zero-order valence-corrected chi connectivity index (χ0v) is 14.7. The van der Waals surface area contributed by atoms with E-state index >= 15 is 0 Å². The molecule has 2 atom stereocenters. The molecule has 134 valence electrons. The summed E-state index contributed by atoms with van der Waals surface area (Å²) < 4.78 is 5.29. The zero-order valence-electron chi connectivity index (χ0n) is 14.7. The predicted molar refractivity (Wildman–Crippen MR) is 93.7 cm³/mol. The Morgan fingerprint density at radius 2 is 2.16 bits per heavy atom. The van der Waals surface area contributed by atoms with Crippen molar-refractivity contribution in [1.29, 1.82) is 0 Å². The second kappa shape index (κ2) is 6.74. The standard InChI is InChI=1S/C18H23N3O4/c1-4-11(2)21-16-6-5-14(7-13(16)8-17(21)23)20-10-15(25-18(20)24)9-19-12(3)22/h5-7,11,15H,4,8-10H2,1-3H3,(H,19,22). The molecule has 0 aliphatic carbocycles. The summed E-state index contributed by atoms with van der Waals surface area (Å²) in [6, 6.07) is 5.78. The molecule has 7 heteroatoms. The summed E-state index contributed by atoms with van der Waals surface area (Å²) in [5.74, 6) is -0.0651. The summed E-state index contributed by atoms with van der Waals surface area (Å²) in [4.78, 5) is 38.8. The van der Waals surface area contributed by atoms with Crippen molar-refractivity contribution < 1.29 is 19.1 Å². The van der Waals surface area contributed by atoms with E-state index in [0.29, 0.717) is 25.2 Å². The number of cyclic esters (lactones) is 1. The first-order valence-corrected chi connectivity index (χ1v) is 8.58. The molecule has 0 radical (unpaired) electrons. The largest absolute Gasteiger partial charge is 0.442 e. The number of amides is 3. The van der Waals surface area contributed by atoms with Gasteiger partial charge in [-0.15, -0.1) is 0 Å². The minimum atomic E-state index is -0.432. The molecule has 0 aromatic heterocycles. The monoisotopic (exact) mass is 345 g/mol. The fourth-order valence-electron chi connectivity index (χ4n) is 3.26. The highest BCUT2D eigenvalue weighted by Crippen LogP contribution is 2.35. The van der Waals surface area contributed by atoms with Gasteiger partial charge in [0.2, 0.25) is 11.8 Å². The van der Waals surface area contributed by atoms with Crippen LogP contribution in [0.4, 0.5) is 16.2 Å². The highest BCUT2D eigenvalue weighted by atomic mass is 16.6. The molecule has 1 fully saturated rings. The van der Waals surface area contributed by atoms with Gasteiger partial charge in [-0.3, -0.25) is 14.5 Å². The van der Waals surface area contributed by atoms with Crippen LogP contribution in [-0.4, -0.2) is 43.1 Å². The molecule has 0 bridgehead atoms. The van der Waals surface area contributed by atoms with Crippen molar-refractivity contribution in [3.8, 4) is 0 Å². The Bertz CT molecular complexity index is 718. The number of carbonyl (C=O) groups excluding carboxylic acids is 3. The van der Waals surface area contributed by atoms with Crippen molar-refractivity contribution in [3.63, 3.8) is 0 Å². The first-order valence-electron chi connectivity index (χ1n) is 8.58. The summed E-state index contributed by atoms with van der Waals surface area (Å²) in [5, 5.41) is 2.66. The SMILES string of the molecule is CCC(C)N1C(=O)Cc2cc(N3CC(CNC(C)=O)OC3=O)ccc21. The van der Waals surface area contributed by atoms with Gasteiger partial charge in [-0.2, -0.15) is 0 Å². The van der Waals surface area contributed by atoms with E-state index in [1.165, 1.54) is 6.92 Å². The summed E-state index contributed by atoms with van der Waals surface area (Å²) in [5.41, 5.74) is 2.57. The van der Waals surface area contributed by atoms with E-state index in [1.807, 2.05) is 30.0 Å². The zero-order chi connectivity index (χ0) is 18.1. The highest BCUT2D eigenvalue weighted by Gasteiger charge is 2.35.